The summed E-state index contributed by atoms with van der Waals surface area (Å²) < 4.78 is 19.0. The molecule has 1 aromatic heterocycles. The van der Waals surface area contributed by atoms with Crippen LogP contribution in [0.25, 0.3) is 11.3 Å². The highest BCUT2D eigenvalue weighted by molar-refractivity contribution is 5.71. The molecular formula is C19H17FN4O2. The standard InChI is InChI=1S/C19H17FN4O2/c20-16-3-1-2-14(10-16)12-26-18-17(22-8-9-23-18)15-6-4-13(5-7-15)11-24-19(21)25/h1-10H,11-12H2,(H3,21,24,25). The van der Waals surface area contributed by atoms with Crippen molar-refractivity contribution in [2.75, 3.05) is 0 Å². The van der Waals surface area contributed by atoms with Crippen molar-refractivity contribution in [2.24, 2.45) is 5.73 Å². The topological polar surface area (TPSA) is 90.1 Å². The van der Waals surface area contributed by atoms with Crippen LogP contribution in [-0.2, 0) is 13.2 Å². The Morgan fingerprint density at radius 3 is 2.58 bits per heavy atom. The molecule has 0 unspecified atom stereocenters. The SMILES string of the molecule is NC(=O)NCc1ccc(-c2nccnc2OCc2cccc(F)c2)cc1. The summed E-state index contributed by atoms with van der Waals surface area (Å²) in [6.07, 6.45) is 3.11. The van der Waals surface area contributed by atoms with Gasteiger partial charge in [-0.2, -0.15) is 0 Å². The minimum Gasteiger partial charge on any atom is -0.471 e. The molecule has 2 aromatic carbocycles. The van der Waals surface area contributed by atoms with Gasteiger partial charge in [0.15, 0.2) is 0 Å². The highest BCUT2D eigenvalue weighted by Gasteiger charge is 2.10. The van der Waals surface area contributed by atoms with E-state index in [9.17, 15) is 9.18 Å². The highest BCUT2D eigenvalue weighted by atomic mass is 19.1. The lowest BCUT2D eigenvalue weighted by molar-refractivity contribution is 0.248. The first-order valence-electron chi connectivity index (χ1n) is 7.92. The summed E-state index contributed by atoms with van der Waals surface area (Å²) in [6, 6.07) is 13.1. The summed E-state index contributed by atoms with van der Waals surface area (Å²) in [5, 5.41) is 2.53. The number of ether oxygens (including phenoxy) is 1. The number of hydrogen-bond acceptors (Lipinski definition) is 4. The number of carbonyl (C=O) groups is 1. The normalized spacial score (nSPS) is 10.3. The predicted octanol–water partition coefficient (Wildman–Crippen LogP) is 3.03. The molecule has 0 bridgehead atoms. The van der Waals surface area contributed by atoms with E-state index >= 15 is 0 Å². The molecule has 0 aliphatic carbocycles. The Bertz CT molecular complexity index is 900. The molecule has 26 heavy (non-hydrogen) atoms. The van der Waals surface area contributed by atoms with Crippen molar-refractivity contribution < 1.29 is 13.9 Å². The van der Waals surface area contributed by atoms with Crippen molar-refractivity contribution in [2.45, 2.75) is 13.2 Å². The van der Waals surface area contributed by atoms with E-state index in [1.807, 2.05) is 24.3 Å². The lowest BCUT2D eigenvalue weighted by Crippen LogP contribution is -2.28. The molecule has 0 fully saturated rings. The molecule has 3 rings (SSSR count). The maximum atomic E-state index is 13.3. The van der Waals surface area contributed by atoms with Crippen molar-refractivity contribution >= 4 is 6.03 Å². The van der Waals surface area contributed by atoms with Crippen LogP contribution in [0, 0.1) is 5.82 Å². The molecule has 0 radical (unpaired) electrons. The van der Waals surface area contributed by atoms with E-state index in [0.29, 0.717) is 23.7 Å². The van der Waals surface area contributed by atoms with Gasteiger partial charge in [0.1, 0.15) is 18.1 Å². The van der Waals surface area contributed by atoms with Gasteiger partial charge in [0.05, 0.1) is 0 Å². The van der Waals surface area contributed by atoms with E-state index in [1.54, 1.807) is 18.3 Å². The van der Waals surface area contributed by atoms with Crippen LogP contribution in [0.2, 0.25) is 0 Å². The molecule has 132 valence electrons. The Hall–Kier alpha value is -3.48. The summed E-state index contributed by atoms with van der Waals surface area (Å²) >= 11 is 0. The van der Waals surface area contributed by atoms with Crippen molar-refractivity contribution in [1.29, 1.82) is 0 Å². The number of nitrogens with one attached hydrogen (secondary N) is 1. The van der Waals surface area contributed by atoms with Crippen LogP contribution in [-0.4, -0.2) is 16.0 Å². The number of primary amides is 1. The van der Waals surface area contributed by atoms with Crippen molar-refractivity contribution in [3.8, 4) is 17.1 Å². The molecule has 0 aliphatic heterocycles. The van der Waals surface area contributed by atoms with E-state index in [1.165, 1.54) is 18.3 Å². The van der Waals surface area contributed by atoms with Gasteiger partial charge in [-0.25, -0.2) is 19.2 Å². The predicted molar refractivity (Wildman–Crippen MR) is 94.6 cm³/mol. The van der Waals surface area contributed by atoms with Crippen LogP contribution >= 0.6 is 0 Å². The van der Waals surface area contributed by atoms with Crippen molar-refractivity contribution in [1.82, 2.24) is 15.3 Å². The first-order valence-corrected chi connectivity index (χ1v) is 7.92. The minimum absolute atomic E-state index is 0.185. The second kappa shape index (κ2) is 8.06. The molecule has 2 amide bonds. The molecule has 0 saturated heterocycles. The Morgan fingerprint density at radius 1 is 1.08 bits per heavy atom. The molecule has 0 aliphatic rings. The number of aromatic nitrogens is 2. The van der Waals surface area contributed by atoms with Crippen LogP contribution in [0.1, 0.15) is 11.1 Å². The number of nitrogens with zero attached hydrogens (tertiary/aromatic N) is 2. The van der Waals surface area contributed by atoms with Gasteiger partial charge in [-0.1, -0.05) is 36.4 Å². The third kappa shape index (κ3) is 4.54. The number of halogens is 1. The third-order valence-electron chi connectivity index (χ3n) is 3.62. The van der Waals surface area contributed by atoms with Crippen molar-refractivity contribution in [3.05, 3.63) is 77.9 Å². The van der Waals surface area contributed by atoms with Crippen LogP contribution in [0.4, 0.5) is 9.18 Å². The van der Waals surface area contributed by atoms with E-state index in [2.05, 4.69) is 15.3 Å². The maximum Gasteiger partial charge on any atom is 0.312 e. The molecule has 7 heteroatoms. The quantitative estimate of drug-likeness (QED) is 0.713. The van der Waals surface area contributed by atoms with Crippen LogP contribution in [0.15, 0.2) is 60.9 Å². The third-order valence-corrected chi connectivity index (χ3v) is 3.62. The first kappa shape index (κ1) is 17.3. The van der Waals surface area contributed by atoms with Crippen LogP contribution in [0.3, 0.4) is 0 Å². The fourth-order valence-electron chi connectivity index (χ4n) is 2.38. The Balaban J connectivity index is 1.75. The van der Waals surface area contributed by atoms with E-state index < -0.39 is 6.03 Å². The average Bonchev–Trinajstić information content (AvgIpc) is 2.65. The number of carbonyl (C=O) groups excluding carboxylic acids is 1. The van der Waals surface area contributed by atoms with Crippen LogP contribution < -0.4 is 15.8 Å². The number of benzene rings is 2. The molecule has 3 aromatic rings. The van der Waals surface area contributed by atoms with Gasteiger partial charge in [0, 0.05) is 24.5 Å². The fourth-order valence-corrected chi connectivity index (χ4v) is 2.38. The fraction of sp³-hybridized carbons (Fsp3) is 0.105. The minimum atomic E-state index is -0.573. The van der Waals surface area contributed by atoms with Gasteiger partial charge in [-0.15, -0.1) is 0 Å². The summed E-state index contributed by atoms with van der Waals surface area (Å²) in [4.78, 5) is 19.3. The van der Waals surface area contributed by atoms with Gasteiger partial charge < -0.3 is 15.8 Å². The van der Waals surface area contributed by atoms with Gasteiger partial charge in [-0.3, -0.25) is 0 Å². The highest BCUT2D eigenvalue weighted by Crippen LogP contribution is 2.26. The average molecular weight is 352 g/mol. The smallest absolute Gasteiger partial charge is 0.312 e. The maximum absolute atomic E-state index is 13.3. The van der Waals surface area contributed by atoms with E-state index in [0.717, 1.165) is 11.1 Å². The lowest BCUT2D eigenvalue weighted by atomic mass is 10.1. The van der Waals surface area contributed by atoms with E-state index in [-0.39, 0.29) is 12.4 Å². The molecule has 1 heterocycles. The summed E-state index contributed by atoms with van der Waals surface area (Å²) in [6.45, 7) is 0.531. The van der Waals surface area contributed by atoms with Crippen molar-refractivity contribution in [3.63, 3.8) is 0 Å². The molecule has 3 N–H and O–H groups in total. The Kier molecular flexibility index (Phi) is 5.38. The number of urea groups is 1. The van der Waals surface area contributed by atoms with Gasteiger partial charge in [-0.05, 0) is 23.3 Å². The van der Waals surface area contributed by atoms with Gasteiger partial charge in [0.2, 0.25) is 5.88 Å². The largest absolute Gasteiger partial charge is 0.471 e. The zero-order valence-electron chi connectivity index (χ0n) is 13.9. The molecule has 0 atom stereocenters. The summed E-state index contributed by atoms with van der Waals surface area (Å²) in [7, 11) is 0. The number of amides is 2. The van der Waals surface area contributed by atoms with Crippen LogP contribution in [0.5, 0.6) is 5.88 Å². The number of rotatable bonds is 6. The number of nitrogens with two attached hydrogens (primary N) is 1. The lowest BCUT2D eigenvalue weighted by Gasteiger charge is -2.10. The monoisotopic (exact) mass is 352 g/mol. The molecule has 0 saturated carbocycles. The second-order valence-corrected chi connectivity index (χ2v) is 5.54. The summed E-state index contributed by atoms with van der Waals surface area (Å²) in [5.74, 6) is 0.0467. The molecular weight excluding hydrogens is 335 g/mol. The second-order valence-electron chi connectivity index (χ2n) is 5.54. The zero-order valence-corrected chi connectivity index (χ0v) is 13.9. The van der Waals surface area contributed by atoms with E-state index in [4.69, 9.17) is 10.5 Å². The Morgan fingerprint density at radius 2 is 1.85 bits per heavy atom. The van der Waals surface area contributed by atoms with Gasteiger partial charge >= 0.3 is 6.03 Å². The number of hydrogen-bond donors (Lipinski definition) is 2. The molecule has 6 nitrogen and oxygen atoms in total. The molecule has 0 spiro atoms. The zero-order chi connectivity index (χ0) is 18.4. The first-order chi connectivity index (χ1) is 12.6. The summed E-state index contributed by atoms with van der Waals surface area (Å²) in [5.41, 5.74) is 8.06. The van der Waals surface area contributed by atoms with Gasteiger partial charge in [0.25, 0.3) is 0 Å². The Labute approximate surface area is 149 Å².